The maximum atomic E-state index is 11.8. The molecule has 0 radical (unpaired) electrons. The number of amides is 2. The van der Waals surface area contributed by atoms with Gasteiger partial charge in [-0.1, -0.05) is 35.9 Å². The van der Waals surface area contributed by atoms with Crippen molar-refractivity contribution in [2.45, 2.75) is 6.92 Å². The molecular formula is C18H19ClN2O3. The predicted octanol–water partition coefficient (Wildman–Crippen LogP) is 2.89. The molecule has 6 heteroatoms. The van der Waals surface area contributed by atoms with Gasteiger partial charge in [0.25, 0.3) is 5.91 Å². The van der Waals surface area contributed by atoms with Gasteiger partial charge in [-0.2, -0.15) is 0 Å². The first-order chi connectivity index (χ1) is 11.6. The number of para-hydroxylation sites is 1. The molecule has 2 rings (SSSR count). The number of benzene rings is 2. The van der Waals surface area contributed by atoms with Crippen molar-refractivity contribution in [1.29, 1.82) is 0 Å². The van der Waals surface area contributed by atoms with E-state index in [1.54, 1.807) is 41.3 Å². The maximum Gasteiger partial charge on any atom is 0.258 e. The number of hydrogen-bond donors (Lipinski definition) is 1. The molecule has 0 bridgehead atoms. The molecule has 126 valence electrons. The van der Waals surface area contributed by atoms with Crippen molar-refractivity contribution in [3.63, 3.8) is 0 Å². The summed E-state index contributed by atoms with van der Waals surface area (Å²) in [6.07, 6.45) is 0. The van der Waals surface area contributed by atoms with Crippen LogP contribution in [0.15, 0.2) is 54.6 Å². The van der Waals surface area contributed by atoms with E-state index >= 15 is 0 Å². The van der Waals surface area contributed by atoms with Crippen LogP contribution in [0, 0.1) is 0 Å². The van der Waals surface area contributed by atoms with E-state index < -0.39 is 0 Å². The van der Waals surface area contributed by atoms with Crippen LogP contribution < -0.4 is 15.0 Å². The third kappa shape index (κ3) is 5.59. The first-order valence-corrected chi connectivity index (χ1v) is 7.92. The molecule has 0 saturated heterocycles. The predicted molar refractivity (Wildman–Crippen MR) is 94.4 cm³/mol. The Hall–Kier alpha value is -2.53. The first-order valence-electron chi connectivity index (χ1n) is 7.54. The fourth-order valence-electron chi connectivity index (χ4n) is 2.14. The molecule has 0 aliphatic heterocycles. The van der Waals surface area contributed by atoms with Crippen molar-refractivity contribution < 1.29 is 14.3 Å². The topological polar surface area (TPSA) is 58.6 Å². The average molecular weight is 347 g/mol. The van der Waals surface area contributed by atoms with Crippen molar-refractivity contribution in [3.05, 3.63) is 59.6 Å². The van der Waals surface area contributed by atoms with Gasteiger partial charge in [-0.25, -0.2) is 0 Å². The van der Waals surface area contributed by atoms with Gasteiger partial charge in [0, 0.05) is 30.7 Å². The molecule has 2 aromatic rings. The summed E-state index contributed by atoms with van der Waals surface area (Å²) in [4.78, 5) is 25.1. The molecule has 0 aliphatic carbocycles. The summed E-state index contributed by atoms with van der Waals surface area (Å²) in [7, 11) is 0. The molecular weight excluding hydrogens is 328 g/mol. The molecule has 2 aromatic carbocycles. The zero-order chi connectivity index (χ0) is 17.4. The molecule has 0 spiro atoms. The number of halogens is 1. The SMILES string of the molecule is CC(=O)N(CCNC(=O)COc1ccccc1)c1cccc(Cl)c1. The minimum atomic E-state index is -0.242. The van der Waals surface area contributed by atoms with Gasteiger partial charge in [-0.05, 0) is 30.3 Å². The Morgan fingerprint density at radius 1 is 1.12 bits per heavy atom. The molecule has 0 heterocycles. The lowest BCUT2D eigenvalue weighted by Crippen LogP contribution is -2.39. The number of nitrogens with zero attached hydrogens (tertiary/aromatic N) is 1. The third-order valence-corrected chi connectivity index (χ3v) is 3.51. The Morgan fingerprint density at radius 3 is 2.54 bits per heavy atom. The smallest absolute Gasteiger partial charge is 0.258 e. The quantitative estimate of drug-likeness (QED) is 0.838. The second-order valence-electron chi connectivity index (χ2n) is 5.10. The van der Waals surface area contributed by atoms with Gasteiger partial charge >= 0.3 is 0 Å². The van der Waals surface area contributed by atoms with E-state index in [-0.39, 0.29) is 18.4 Å². The summed E-state index contributed by atoms with van der Waals surface area (Å²) in [6, 6.07) is 16.1. The van der Waals surface area contributed by atoms with Crippen molar-refractivity contribution >= 4 is 29.1 Å². The average Bonchev–Trinajstić information content (AvgIpc) is 2.57. The monoisotopic (exact) mass is 346 g/mol. The lowest BCUT2D eigenvalue weighted by Gasteiger charge is -2.21. The van der Waals surface area contributed by atoms with Crippen LogP contribution in [0.25, 0.3) is 0 Å². The van der Waals surface area contributed by atoms with E-state index in [9.17, 15) is 9.59 Å². The Bertz CT molecular complexity index is 692. The number of carbonyl (C=O) groups excluding carboxylic acids is 2. The molecule has 0 unspecified atom stereocenters. The van der Waals surface area contributed by atoms with Crippen LogP contribution in [-0.2, 0) is 9.59 Å². The standard InChI is InChI=1S/C18H19ClN2O3/c1-14(22)21(16-7-5-6-15(19)12-16)11-10-20-18(23)13-24-17-8-3-2-4-9-17/h2-9,12H,10-11,13H2,1H3,(H,20,23). The lowest BCUT2D eigenvalue weighted by molar-refractivity contribution is -0.123. The molecule has 0 saturated carbocycles. The molecule has 2 amide bonds. The number of ether oxygens (including phenoxy) is 1. The van der Waals surface area contributed by atoms with Crippen molar-refractivity contribution in [1.82, 2.24) is 5.32 Å². The molecule has 0 fully saturated rings. The van der Waals surface area contributed by atoms with E-state index in [1.807, 2.05) is 18.2 Å². The van der Waals surface area contributed by atoms with Crippen molar-refractivity contribution in [2.24, 2.45) is 0 Å². The third-order valence-electron chi connectivity index (χ3n) is 3.27. The largest absolute Gasteiger partial charge is 0.484 e. The highest BCUT2D eigenvalue weighted by atomic mass is 35.5. The summed E-state index contributed by atoms with van der Waals surface area (Å²) in [5.41, 5.74) is 0.699. The molecule has 0 atom stereocenters. The van der Waals surface area contributed by atoms with E-state index in [1.165, 1.54) is 6.92 Å². The van der Waals surface area contributed by atoms with Crippen LogP contribution in [0.5, 0.6) is 5.75 Å². The molecule has 5 nitrogen and oxygen atoms in total. The Morgan fingerprint density at radius 2 is 1.88 bits per heavy atom. The molecule has 1 N–H and O–H groups in total. The Labute approximate surface area is 146 Å². The zero-order valence-corrected chi connectivity index (χ0v) is 14.1. The molecule has 24 heavy (non-hydrogen) atoms. The van der Waals surface area contributed by atoms with Gasteiger partial charge in [0.2, 0.25) is 5.91 Å². The van der Waals surface area contributed by atoms with Gasteiger partial charge < -0.3 is 15.0 Å². The summed E-state index contributed by atoms with van der Waals surface area (Å²) in [6.45, 7) is 2.08. The van der Waals surface area contributed by atoms with E-state index in [4.69, 9.17) is 16.3 Å². The van der Waals surface area contributed by atoms with Crippen molar-refractivity contribution in [2.75, 3.05) is 24.6 Å². The van der Waals surface area contributed by atoms with Crippen LogP contribution in [-0.4, -0.2) is 31.5 Å². The summed E-state index contributed by atoms with van der Waals surface area (Å²) in [5.74, 6) is 0.275. The van der Waals surface area contributed by atoms with Gasteiger partial charge in [-0.15, -0.1) is 0 Å². The van der Waals surface area contributed by atoms with Crippen LogP contribution in [0.3, 0.4) is 0 Å². The first kappa shape index (κ1) is 17.8. The van der Waals surface area contributed by atoms with E-state index in [0.717, 1.165) is 0 Å². The number of carbonyl (C=O) groups is 2. The number of hydrogen-bond acceptors (Lipinski definition) is 3. The van der Waals surface area contributed by atoms with Gasteiger partial charge in [0.05, 0.1) is 0 Å². The number of nitrogens with one attached hydrogen (secondary N) is 1. The minimum absolute atomic E-state index is 0.0682. The van der Waals surface area contributed by atoms with Crippen LogP contribution >= 0.6 is 11.6 Å². The highest BCUT2D eigenvalue weighted by molar-refractivity contribution is 6.30. The highest BCUT2D eigenvalue weighted by Gasteiger charge is 2.12. The summed E-state index contributed by atoms with van der Waals surface area (Å²) >= 11 is 5.95. The van der Waals surface area contributed by atoms with Crippen LogP contribution in [0.1, 0.15) is 6.92 Å². The summed E-state index contributed by atoms with van der Waals surface area (Å²) < 4.78 is 5.36. The maximum absolute atomic E-state index is 11.8. The normalized spacial score (nSPS) is 10.1. The summed E-state index contributed by atoms with van der Waals surface area (Å²) in [5, 5.41) is 3.29. The lowest BCUT2D eigenvalue weighted by atomic mass is 10.3. The second-order valence-corrected chi connectivity index (χ2v) is 5.54. The van der Waals surface area contributed by atoms with Crippen LogP contribution in [0.2, 0.25) is 5.02 Å². The van der Waals surface area contributed by atoms with Crippen molar-refractivity contribution in [3.8, 4) is 5.75 Å². The zero-order valence-electron chi connectivity index (χ0n) is 13.4. The fourth-order valence-corrected chi connectivity index (χ4v) is 2.32. The second kappa shape index (κ2) is 8.93. The molecule has 0 aliphatic rings. The Kier molecular flexibility index (Phi) is 6.63. The van der Waals surface area contributed by atoms with Gasteiger partial charge in [0.1, 0.15) is 5.75 Å². The highest BCUT2D eigenvalue weighted by Crippen LogP contribution is 2.19. The van der Waals surface area contributed by atoms with E-state index in [0.29, 0.717) is 29.5 Å². The van der Waals surface area contributed by atoms with Gasteiger partial charge in [0.15, 0.2) is 6.61 Å². The minimum Gasteiger partial charge on any atom is -0.484 e. The number of anilines is 1. The van der Waals surface area contributed by atoms with Crippen LogP contribution in [0.4, 0.5) is 5.69 Å². The fraction of sp³-hybridized carbons (Fsp3) is 0.222. The van der Waals surface area contributed by atoms with Gasteiger partial charge in [-0.3, -0.25) is 9.59 Å². The van der Waals surface area contributed by atoms with E-state index in [2.05, 4.69) is 5.32 Å². The Balaban J connectivity index is 1.80. The molecule has 0 aromatic heterocycles. The number of rotatable bonds is 7.